The summed E-state index contributed by atoms with van der Waals surface area (Å²) in [5, 5.41) is 19.9. The van der Waals surface area contributed by atoms with Gasteiger partial charge in [0.05, 0.1) is 13.2 Å². The van der Waals surface area contributed by atoms with Crippen LogP contribution in [0.4, 0.5) is 5.69 Å². The summed E-state index contributed by atoms with van der Waals surface area (Å²) in [4.78, 5) is 12.8. The number of carbonyl (C=O) groups is 1. The second-order valence-electron chi connectivity index (χ2n) is 6.23. The van der Waals surface area contributed by atoms with E-state index in [0.29, 0.717) is 29.0 Å². The van der Waals surface area contributed by atoms with E-state index >= 15 is 0 Å². The van der Waals surface area contributed by atoms with Crippen LogP contribution in [-0.4, -0.2) is 36.7 Å². The largest absolute Gasteiger partial charge is 0.491 e. The summed E-state index contributed by atoms with van der Waals surface area (Å²) < 4.78 is 11.9. The Balaban J connectivity index is 0.00000450. The Labute approximate surface area is 191 Å². The van der Waals surface area contributed by atoms with Crippen molar-refractivity contribution in [2.75, 3.05) is 25.1 Å². The second-order valence-corrected chi connectivity index (χ2v) is 7.14. The fourth-order valence-electron chi connectivity index (χ4n) is 2.88. The number of halogens is 2. The highest BCUT2D eigenvalue weighted by Gasteiger charge is 2.27. The van der Waals surface area contributed by atoms with Crippen LogP contribution in [0.25, 0.3) is 0 Å². The molecule has 0 saturated carbocycles. The minimum absolute atomic E-state index is 0. The number of hydrogen-bond acceptors (Lipinski definition) is 6. The zero-order chi connectivity index (χ0) is 21.4. The predicted molar refractivity (Wildman–Crippen MR) is 124 cm³/mol. The van der Waals surface area contributed by atoms with Crippen molar-refractivity contribution in [1.29, 1.82) is 5.41 Å². The van der Waals surface area contributed by atoms with Crippen molar-refractivity contribution >= 4 is 45.8 Å². The van der Waals surface area contributed by atoms with Gasteiger partial charge in [-0.15, -0.1) is 12.4 Å². The molecule has 5 N–H and O–H groups in total. The van der Waals surface area contributed by atoms with E-state index in [1.54, 1.807) is 31.2 Å². The summed E-state index contributed by atoms with van der Waals surface area (Å²) in [5.41, 5.74) is 8.28. The van der Waals surface area contributed by atoms with Gasteiger partial charge in [0.15, 0.2) is 6.04 Å². The average Bonchev–Trinajstić information content (AvgIpc) is 2.70. The fourth-order valence-corrected chi connectivity index (χ4v) is 3.40. The molecule has 0 aliphatic rings. The van der Waals surface area contributed by atoms with Crippen molar-refractivity contribution < 1.29 is 19.4 Å². The monoisotopic (exact) mass is 499 g/mol. The Kier molecular flexibility index (Phi) is 10.7. The van der Waals surface area contributed by atoms with Gasteiger partial charge in [0.1, 0.15) is 18.2 Å². The van der Waals surface area contributed by atoms with Crippen LogP contribution in [0.3, 0.4) is 0 Å². The Morgan fingerprint density at radius 2 is 1.93 bits per heavy atom. The number of benzene rings is 2. The summed E-state index contributed by atoms with van der Waals surface area (Å²) in [7, 11) is 0. The van der Waals surface area contributed by atoms with E-state index in [9.17, 15) is 9.90 Å². The van der Waals surface area contributed by atoms with Gasteiger partial charge in [-0.3, -0.25) is 5.41 Å². The quantitative estimate of drug-likeness (QED) is 0.224. The van der Waals surface area contributed by atoms with Gasteiger partial charge in [0.25, 0.3) is 0 Å². The molecular formula is C21H27BrClN3O4. The molecule has 1 unspecified atom stereocenters. The lowest BCUT2D eigenvalue weighted by Gasteiger charge is -2.23. The molecule has 1 atom stereocenters. The minimum Gasteiger partial charge on any atom is -0.491 e. The first-order valence-electron chi connectivity index (χ1n) is 9.34. The lowest BCUT2D eigenvalue weighted by Crippen LogP contribution is -2.25. The maximum Gasteiger partial charge on any atom is 0.333 e. The van der Waals surface area contributed by atoms with E-state index < -0.39 is 12.0 Å². The number of aliphatic hydroxyl groups excluding tert-OH is 1. The minimum atomic E-state index is -0.824. The number of nitrogens with two attached hydrogens (primary N) is 1. The molecule has 0 heterocycles. The topological polar surface area (TPSA) is 118 Å². The molecule has 0 spiro atoms. The van der Waals surface area contributed by atoms with E-state index in [2.05, 4.69) is 21.2 Å². The summed E-state index contributed by atoms with van der Waals surface area (Å²) in [6, 6.07) is 9.81. The van der Waals surface area contributed by atoms with Gasteiger partial charge >= 0.3 is 5.97 Å². The van der Waals surface area contributed by atoms with Crippen molar-refractivity contribution in [3.8, 4) is 5.75 Å². The summed E-state index contributed by atoms with van der Waals surface area (Å²) in [6.07, 6.45) is 0.691. The van der Waals surface area contributed by atoms with Crippen LogP contribution in [0.1, 0.15) is 36.6 Å². The molecule has 2 rings (SSSR count). The van der Waals surface area contributed by atoms with Crippen molar-refractivity contribution in [3.63, 3.8) is 0 Å². The number of esters is 1. The number of anilines is 1. The Morgan fingerprint density at radius 3 is 2.47 bits per heavy atom. The first kappa shape index (κ1) is 25.7. The zero-order valence-electron chi connectivity index (χ0n) is 16.9. The number of nitrogens with one attached hydrogen (secondary N) is 2. The second kappa shape index (κ2) is 12.4. The number of aryl methyl sites for hydroxylation is 1. The molecule has 2 aromatic carbocycles. The molecule has 0 radical (unpaired) electrons. The molecular weight excluding hydrogens is 474 g/mol. The number of nitrogen functional groups attached to an aromatic ring is 1. The fraction of sp³-hybridized carbons (Fsp3) is 0.333. The molecule has 2 aromatic rings. The molecule has 0 saturated heterocycles. The van der Waals surface area contributed by atoms with E-state index in [1.165, 1.54) is 0 Å². The lowest BCUT2D eigenvalue weighted by molar-refractivity contribution is -0.144. The number of hydrogen-bond donors (Lipinski definition) is 4. The van der Waals surface area contributed by atoms with Gasteiger partial charge in [-0.2, -0.15) is 0 Å². The van der Waals surface area contributed by atoms with Crippen molar-refractivity contribution in [1.82, 2.24) is 0 Å². The van der Waals surface area contributed by atoms with Crippen molar-refractivity contribution in [3.05, 3.63) is 57.6 Å². The molecule has 0 amide bonds. The van der Waals surface area contributed by atoms with E-state index in [0.717, 1.165) is 10.0 Å². The molecule has 0 aromatic heterocycles. The average molecular weight is 501 g/mol. The van der Waals surface area contributed by atoms with Gasteiger partial charge in [0.2, 0.25) is 0 Å². The molecule has 30 heavy (non-hydrogen) atoms. The van der Waals surface area contributed by atoms with Crippen molar-refractivity contribution in [2.45, 2.75) is 26.3 Å². The summed E-state index contributed by atoms with van der Waals surface area (Å²) in [6.45, 7) is 3.96. The van der Waals surface area contributed by atoms with Crippen LogP contribution in [0.2, 0.25) is 0 Å². The molecule has 0 aliphatic heterocycles. The molecule has 0 bridgehead atoms. The highest BCUT2D eigenvalue weighted by atomic mass is 79.9. The highest BCUT2D eigenvalue weighted by Crippen LogP contribution is 2.35. The first-order valence-corrected chi connectivity index (χ1v) is 10.1. The maximum absolute atomic E-state index is 12.8. The van der Waals surface area contributed by atoms with Gasteiger partial charge in [-0.05, 0) is 55.3 Å². The highest BCUT2D eigenvalue weighted by molar-refractivity contribution is 9.10. The number of carbonyl (C=O) groups excluding carboxylic acids is 1. The Bertz CT molecular complexity index is 862. The summed E-state index contributed by atoms with van der Waals surface area (Å²) in [5.74, 6) is 0.0746. The van der Waals surface area contributed by atoms with E-state index in [-0.39, 0.29) is 38.1 Å². The molecule has 7 nitrogen and oxygen atoms in total. The van der Waals surface area contributed by atoms with Crippen LogP contribution in [-0.2, 0) is 16.0 Å². The third-order valence-corrected chi connectivity index (χ3v) is 4.68. The standard InChI is InChI=1S/C21H26BrN3O4.ClH/c1-3-13-11-15(22)12-17(19(13)29-10-9-26)18(21(27)28-4-2)25-16-7-5-14(6-8-16)20(23)24;/h5-8,11-12,18,25-26H,3-4,9-10H2,1-2H3,(H3,23,24);1H. The van der Waals surface area contributed by atoms with E-state index in [1.807, 2.05) is 19.1 Å². The third kappa shape index (κ3) is 6.62. The van der Waals surface area contributed by atoms with Crippen LogP contribution in [0.15, 0.2) is 40.9 Å². The van der Waals surface area contributed by atoms with Crippen molar-refractivity contribution in [2.24, 2.45) is 5.73 Å². The molecule has 9 heteroatoms. The third-order valence-electron chi connectivity index (χ3n) is 4.22. The number of ether oxygens (including phenoxy) is 2. The summed E-state index contributed by atoms with van der Waals surface area (Å²) >= 11 is 3.50. The van der Waals surface area contributed by atoms with Crippen LogP contribution >= 0.6 is 28.3 Å². The zero-order valence-corrected chi connectivity index (χ0v) is 19.3. The van der Waals surface area contributed by atoms with Crippen LogP contribution in [0, 0.1) is 5.41 Å². The Morgan fingerprint density at radius 1 is 1.27 bits per heavy atom. The molecule has 0 aliphatic carbocycles. The predicted octanol–water partition coefficient (Wildman–Crippen LogP) is 3.80. The number of aliphatic hydroxyl groups is 1. The lowest BCUT2D eigenvalue weighted by atomic mass is 10.00. The van der Waals surface area contributed by atoms with Crippen LogP contribution < -0.4 is 15.8 Å². The van der Waals surface area contributed by atoms with Gasteiger partial charge in [0, 0.05) is 21.3 Å². The number of amidine groups is 1. The number of rotatable bonds is 10. The normalized spacial score (nSPS) is 11.2. The van der Waals surface area contributed by atoms with Gasteiger partial charge in [-0.25, -0.2) is 4.79 Å². The first-order chi connectivity index (χ1) is 13.9. The van der Waals surface area contributed by atoms with Gasteiger partial charge in [-0.1, -0.05) is 22.9 Å². The molecule has 0 fully saturated rings. The molecule has 164 valence electrons. The maximum atomic E-state index is 12.8. The smallest absolute Gasteiger partial charge is 0.333 e. The SMILES string of the molecule is CCOC(=O)C(Nc1ccc(C(=N)N)cc1)c1cc(Br)cc(CC)c1OCCO.Cl. The Hall–Kier alpha value is -2.29. The van der Waals surface area contributed by atoms with E-state index in [4.69, 9.17) is 20.6 Å². The van der Waals surface area contributed by atoms with Crippen LogP contribution in [0.5, 0.6) is 5.75 Å². The van der Waals surface area contributed by atoms with Gasteiger partial charge < -0.3 is 25.6 Å².